The molecule has 2 aromatic heterocycles. The van der Waals surface area contributed by atoms with Crippen molar-refractivity contribution >= 4 is 40.7 Å². The second-order valence-electron chi connectivity index (χ2n) is 5.94. The summed E-state index contributed by atoms with van der Waals surface area (Å²) in [5, 5.41) is 10.4. The Kier molecular flexibility index (Phi) is 7.88. The minimum Gasteiger partial charge on any atom is -0.452 e. The van der Waals surface area contributed by atoms with E-state index in [4.69, 9.17) is 9.26 Å². The molecule has 0 spiro atoms. The molecule has 2 heterocycles. The van der Waals surface area contributed by atoms with Crippen LogP contribution < -0.4 is 10.6 Å². The third-order valence-corrected chi connectivity index (χ3v) is 4.49. The minimum atomic E-state index is -1.02. The number of thiophene rings is 1. The van der Waals surface area contributed by atoms with E-state index in [9.17, 15) is 19.2 Å². The first-order valence-electron chi connectivity index (χ1n) is 8.62. The van der Waals surface area contributed by atoms with E-state index >= 15 is 0 Å². The fraction of sp³-hybridized carbons (Fsp3) is 0.389. The number of carbonyl (C=O) groups is 4. The van der Waals surface area contributed by atoms with Crippen LogP contribution in [0.15, 0.2) is 28.1 Å². The summed E-state index contributed by atoms with van der Waals surface area (Å²) < 4.78 is 9.83. The smallest absolute Gasteiger partial charge is 0.308 e. The molecule has 0 aliphatic carbocycles. The SMILES string of the molecule is Cc1cc(NC(=O)C(C)OC(=O)CCNC(=O)CCC(=O)c2cccs2)no1. The molecule has 0 bridgehead atoms. The van der Waals surface area contributed by atoms with Crippen LogP contribution in [0.1, 0.15) is 41.6 Å². The Bertz CT molecular complexity index is 830. The zero-order chi connectivity index (χ0) is 20.5. The topological polar surface area (TPSA) is 128 Å². The van der Waals surface area contributed by atoms with Crippen molar-refractivity contribution in [2.75, 3.05) is 11.9 Å². The Hall–Kier alpha value is -3.01. The highest BCUT2D eigenvalue weighted by atomic mass is 32.1. The number of ketones is 1. The van der Waals surface area contributed by atoms with Gasteiger partial charge in [-0.2, -0.15) is 0 Å². The van der Waals surface area contributed by atoms with Gasteiger partial charge < -0.3 is 19.9 Å². The molecule has 0 aliphatic rings. The predicted molar refractivity (Wildman–Crippen MR) is 101 cm³/mol. The number of esters is 1. The van der Waals surface area contributed by atoms with E-state index in [2.05, 4.69) is 15.8 Å². The molecule has 1 unspecified atom stereocenters. The van der Waals surface area contributed by atoms with E-state index in [0.717, 1.165) is 0 Å². The van der Waals surface area contributed by atoms with Crippen molar-refractivity contribution in [3.8, 4) is 0 Å². The number of Topliss-reactive ketones (excluding diaryl/α,β-unsaturated/α-hetero) is 1. The summed E-state index contributed by atoms with van der Waals surface area (Å²) in [6, 6.07) is 5.02. The molecule has 0 radical (unpaired) electrons. The van der Waals surface area contributed by atoms with Crippen LogP contribution >= 0.6 is 11.3 Å². The summed E-state index contributed by atoms with van der Waals surface area (Å²) in [5.41, 5.74) is 0. The Morgan fingerprint density at radius 2 is 2.04 bits per heavy atom. The summed E-state index contributed by atoms with van der Waals surface area (Å²) in [5.74, 6) is -0.828. The number of hydrogen-bond acceptors (Lipinski definition) is 8. The van der Waals surface area contributed by atoms with Gasteiger partial charge in [0.2, 0.25) is 5.91 Å². The molecule has 9 nitrogen and oxygen atoms in total. The van der Waals surface area contributed by atoms with E-state index in [1.807, 2.05) is 0 Å². The number of amides is 2. The molecule has 2 N–H and O–H groups in total. The molecule has 2 aromatic rings. The molecule has 2 amide bonds. The largest absolute Gasteiger partial charge is 0.452 e. The van der Waals surface area contributed by atoms with Crippen LogP contribution in [0, 0.1) is 6.92 Å². The lowest BCUT2D eigenvalue weighted by Gasteiger charge is -2.12. The van der Waals surface area contributed by atoms with Crippen LogP contribution in [0.5, 0.6) is 0 Å². The Balaban J connectivity index is 1.61. The minimum absolute atomic E-state index is 0.0434. The van der Waals surface area contributed by atoms with Gasteiger partial charge in [-0.3, -0.25) is 19.2 Å². The van der Waals surface area contributed by atoms with Crippen LogP contribution in [0.4, 0.5) is 5.82 Å². The standard InChI is InChI=1S/C18H21N3O6S/c1-11-10-15(21-27-11)20-18(25)12(2)26-17(24)7-8-19-16(23)6-5-13(22)14-4-3-9-28-14/h3-4,9-10,12H,5-8H2,1-2H3,(H,19,23)(H,20,21,25). The van der Waals surface area contributed by atoms with Crippen molar-refractivity contribution in [2.24, 2.45) is 0 Å². The third-order valence-electron chi connectivity index (χ3n) is 3.58. The maximum Gasteiger partial charge on any atom is 0.308 e. The second kappa shape index (κ2) is 10.4. The molecule has 150 valence electrons. The number of nitrogens with zero attached hydrogens (tertiary/aromatic N) is 1. The van der Waals surface area contributed by atoms with Gasteiger partial charge in [0.1, 0.15) is 5.76 Å². The van der Waals surface area contributed by atoms with Crippen molar-refractivity contribution in [2.45, 2.75) is 39.2 Å². The van der Waals surface area contributed by atoms with Gasteiger partial charge in [-0.05, 0) is 25.3 Å². The molecule has 0 aromatic carbocycles. The van der Waals surface area contributed by atoms with Gasteiger partial charge in [-0.1, -0.05) is 11.2 Å². The number of rotatable bonds is 10. The highest BCUT2D eigenvalue weighted by Gasteiger charge is 2.19. The van der Waals surface area contributed by atoms with Crippen molar-refractivity contribution in [1.29, 1.82) is 0 Å². The lowest BCUT2D eigenvalue weighted by molar-refractivity contribution is -0.153. The van der Waals surface area contributed by atoms with Crippen LogP contribution in [0.3, 0.4) is 0 Å². The molecular formula is C18H21N3O6S. The third kappa shape index (κ3) is 6.95. The average Bonchev–Trinajstić information content (AvgIpc) is 3.31. The van der Waals surface area contributed by atoms with Crippen LogP contribution in [-0.2, 0) is 19.1 Å². The van der Waals surface area contributed by atoms with Gasteiger partial charge in [-0.25, -0.2) is 0 Å². The van der Waals surface area contributed by atoms with Gasteiger partial charge in [0.25, 0.3) is 5.91 Å². The van der Waals surface area contributed by atoms with Gasteiger partial charge in [0, 0.05) is 25.5 Å². The second-order valence-corrected chi connectivity index (χ2v) is 6.89. The highest BCUT2D eigenvalue weighted by molar-refractivity contribution is 7.12. The van der Waals surface area contributed by atoms with E-state index in [0.29, 0.717) is 10.6 Å². The van der Waals surface area contributed by atoms with Gasteiger partial charge >= 0.3 is 5.97 Å². The maximum atomic E-state index is 11.9. The summed E-state index contributed by atoms with van der Waals surface area (Å²) in [4.78, 5) is 47.9. The number of hydrogen-bond donors (Lipinski definition) is 2. The Morgan fingerprint density at radius 1 is 1.25 bits per heavy atom. The van der Waals surface area contributed by atoms with E-state index in [-0.39, 0.29) is 43.3 Å². The van der Waals surface area contributed by atoms with Gasteiger partial charge in [-0.15, -0.1) is 11.3 Å². The molecule has 28 heavy (non-hydrogen) atoms. The molecule has 2 rings (SSSR count). The lowest BCUT2D eigenvalue weighted by Crippen LogP contribution is -2.32. The zero-order valence-electron chi connectivity index (χ0n) is 15.5. The quantitative estimate of drug-likeness (QED) is 0.456. The fourth-order valence-corrected chi connectivity index (χ4v) is 2.84. The Morgan fingerprint density at radius 3 is 2.68 bits per heavy atom. The summed E-state index contributed by atoms with van der Waals surface area (Å²) in [7, 11) is 0. The zero-order valence-corrected chi connectivity index (χ0v) is 16.3. The van der Waals surface area contributed by atoms with Crippen LogP contribution in [0.2, 0.25) is 0 Å². The van der Waals surface area contributed by atoms with Crippen molar-refractivity contribution in [3.63, 3.8) is 0 Å². The maximum absolute atomic E-state index is 11.9. The molecule has 0 aliphatic heterocycles. The number of carbonyl (C=O) groups excluding carboxylic acids is 4. The Labute approximate surface area is 165 Å². The van der Waals surface area contributed by atoms with E-state index in [1.165, 1.54) is 24.3 Å². The summed E-state index contributed by atoms with van der Waals surface area (Å²) in [6.07, 6.45) is -0.966. The number of aromatic nitrogens is 1. The molecule has 1 atom stereocenters. The van der Waals surface area contributed by atoms with E-state index in [1.54, 1.807) is 24.4 Å². The van der Waals surface area contributed by atoms with E-state index < -0.39 is 18.0 Å². The monoisotopic (exact) mass is 407 g/mol. The van der Waals surface area contributed by atoms with Crippen molar-refractivity contribution in [3.05, 3.63) is 34.2 Å². The molecule has 10 heteroatoms. The highest BCUT2D eigenvalue weighted by Crippen LogP contribution is 2.12. The summed E-state index contributed by atoms with van der Waals surface area (Å²) in [6.45, 7) is 3.16. The molecule has 0 fully saturated rings. The molecule has 0 saturated heterocycles. The normalized spacial score (nSPS) is 11.5. The number of anilines is 1. The van der Waals surface area contributed by atoms with Gasteiger partial charge in [0.05, 0.1) is 11.3 Å². The first-order chi connectivity index (χ1) is 13.3. The average molecular weight is 407 g/mol. The lowest BCUT2D eigenvalue weighted by atomic mass is 10.2. The summed E-state index contributed by atoms with van der Waals surface area (Å²) >= 11 is 1.33. The van der Waals surface area contributed by atoms with Crippen LogP contribution in [0.25, 0.3) is 0 Å². The number of aryl methyl sites for hydroxylation is 1. The van der Waals surface area contributed by atoms with Crippen molar-refractivity contribution in [1.82, 2.24) is 10.5 Å². The number of ether oxygens (including phenoxy) is 1. The van der Waals surface area contributed by atoms with Gasteiger partial charge in [0.15, 0.2) is 17.7 Å². The first-order valence-corrected chi connectivity index (χ1v) is 9.50. The molecular weight excluding hydrogens is 386 g/mol. The van der Waals surface area contributed by atoms with Crippen molar-refractivity contribution < 1.29 is 28.4 Å². The van der Waals surface area contributed by atoms with Crippen LogP contribution in [-0.4, -0.2) is 41.4 Å². The fourth-order valence-electron chi connectivity index (χ4n) is 2.14. The predicted octanol–water partition coefficient (Wildman–Crippen LogP) is 2.08. The first kappa shape index (κ1) is 21.3. The number of nitrogens with one attached hydrogen (secondary N) is 2. The molecule has 0 saturated carbocycles.